The van der Waals surface area contributed by atoms with Crippen LogP contribution in [0.25, 0.3) is 10.9 Å². The average Bonchev–Trinajstić information content (AvgIpc) is 2.51. The fraction of sp³-hybridized carbons (Fsp3) is 0.385. The molecule has 2 nitrogen and oxygen atoms in total. The van der Waals surface area contributed by atoms with E-state index in [4.69, 9.17) is 0 Å². The van der Waals surface area contributed by atoms with Crippen LogP contribution >= 0.6 is 0 Å². The van der Waals surface area contributed by atoms with Gasteiger partial charge in [-0.1, -0.05) is 12.1 Å². The van der Waals surface area contributed by atoms with Crippen molar-refractivity contribution < 1.29 is 5.11 Å². The molecule has 1 N–H and O–H groups in total. The summed E-state index contributed by atoms with van der Waals surface area (Å²) in [6, 6.07) is 8.34. The smallest absolute Gasteiger partial charge is 0.0762 e. The van der Waals surface area contributed by atoms with E-state index in [0.717, 1.165) is 12.1 Å². The summed E-state index contributed by atoms with van der Waals surface area (Å²) in [4.78, 5) is 0. The van der Waals surface area contributed by atoms with Gasteiger partial charge in [0, 0.05) is 17.8 Å². The Labute approximate surface area is 90.2 Å². The fourth-order valence-electron chi connectivity index (χ4n) is 2.09. The van der Waals surface area contributed by atoms with Gasteiger partial charge in [-0.05, 0) is 43.9 Å². The highest BCUT2D eigenvalue weighted by atomic mass is 16.3. The van der Waals surface area contributed by atoms with Crippen LogP contribution in [0.3, 0.4) is 0 Å². The zero-order valence-corrected chi connectivity index (χ0v) is 9.49. The van der Waals surface area contributed by atoms with E-state index >= 15 is 0 Å². The van der Waals surface area contributed by atoms with Crippen LogP contribution in [0.2, 0.25) is 0 Å². The lowest BCUT2D eigenvalue weighted by molar-refractivity contribution is 0.199. The minimum Gasteiger partial charge on any atom is -0.389 e. The van der Waals surface area contributed by atoms with Crippen LogP contribution in [0.4, 0.5) is 0 Å². The Balaban J connectivity index is 2.68. The molecule has 0 radical (unpaired) electrons. The minimum absolute atomic E-state index is 0.394. The topological polar surface area (TPSA) is 25.2 Å². The monoisotopic (exact) mass is 203 g/mol. The quantitative estimate of drug-likeness (QED) is 0.797. The molecule has 1 atom stereocenters. The molecule has 0 fully saturated rings. The van der Waals surface area contributed by atoms with Crippen LogP contribution in [-0.2, 0) is 6.54 Å². The summed E-state index contributed by atoms with van der Waals surface area (Å²) in [7, 11) is 0. The van der Waals surface area contributed by atoms with Gasteiger partial charge in [0.2, 0.25) is 0 Å². The number of hydrogen-bond acceptors (Lipinski definition) is 1. The number of benzene rings is 1. The Hall–Kier alpha value is -1.28. The summed E-state index contributed by atoms with van der Waals surface area (Å²) < 4.78 is 2.27. The molecule has 0 aliphatic heterocycles. The first-order valence-corrected chi connectivity index (χ1v) is 5.41. The SMILES string of the molecule is CCn1c(C)cc2ccc(C(C)O)cc21. The number of fused-ring (bicyclic) bond motifs is 1. The molecule has 2 aromatic rings. The first-order valence-electron chi connectivity index (χ1n) is 5.41. The third kappa shape index (κ3) is 1.65. The second kappa shape index (κ2) is 3.70. The molecule has 0 aliphatic carbocycles. The third-order valence-corrected chi connectivity index (χ3v) is 2.93. The highest BCUT2D eigenvalue weighted by molar-refractivity contribution is 5.82. The Bertz CT molecular complexity index is 482. The molecule has 0 saturated heterocycles. The molecule has 15 heavy (non-hydrogen) atoms. The Kier molecular flexibility index (Phi) is 2.53. The van der Waals surface area contributed by atoms with E-state index in [-0.39, 0.29) is 0 Å². The Morgan fingerprint density at radius 1 is 1.33 bits per heavy atom. The zero-order chi connectivity index (χ0) is 11.0. The van der Waals surface area contributed by atoms with E-state index in [1.165, 1.54) is 16.6 Å². The summed E-state index contributed by atoms with van der Waals surface area (Å²) in [5, 5.41) is 10.8. The maximum absolute atomic E-state index is 9.54. The Morgan fingerprint density at radius 2 is 2.07 bits per heavy atom. The van der Waals surface area contributed by atoms with Crippen molar-refractivity contribution in [2.24, 2.45) is 0 Å². The molecule has 0 saturated carbocycles. The molecular formula is C13H17NO. The van der Waals surface area contributed by atoms with Gasteiger partial charge in [0.05, 0.1) is 6.10 Å². The van der Waals surface area contributed by atoms with Crippen LogP contribution in [0.15, 0.2) is 24.3 Å². The van der Waals surface area contributed by atoms with E-state index in [1.54, 1.807) is 6.92 Å². The molecule has 0 aliphatic rings. The van der Waals surface area contributed by atoms with Gasteiger partial charge in [-0.2, -0.15) is 0 Å². The van der Waals surface area contributed by atoms with Gasteiger partial charge in [-0.15, -0.1) is 0 Å². The first kappa shape index (κ1) is 10.2. The lowest BCUT2D eigenvalue weighted by Crippen LogP contribution is -1.97. The van der Waals surface area contributed by atoms with E-state index in [2.05, 4.69) is 36.6 Å². The summed E-state index contributed by atoms with van der Waals surface area (Å²) in [5.41, 5.74) is 3.47. The number of aryl methyl sites for hydroxylation is 2. The van der Waals surface area contributed by atoms with Crippen molar-refractivity contribution in [3.63, 3.8) is 0 Å². The van der Waals surface area contributed by atoms with Gasteiger partial charge in [-0.3, -0.25) is 0 Å². The molecule has 1 unspecified atom stereocenters. The predicted octanol–water partition coefficient (Wildman–Crippen LogP) is 3.02. The molecule has 80 valence electrons. The van der Waals surface area contributed by atoms with Crippen molar-refractivity contribution in [1.29, 1.82) is 0 Å². The van der Waals surface area contributed by atoms with Crippen LogP contribution in [0, 0.1) is 6.92 Å². The second-order valence-corrected chi connectivity index (χ2v) is 4.02. The van der Waals surface area contributed by atoms with Crippen molar-refractivity contribution in [2.45, 2.75) is 33.4 Å². The molecule has 1 heterocycles. The van der Waals surface area contributed by atoms with Gasteiger partial charge in [-0.25, -0.2) is 0 Å². The van der Waals surface area contributed by atoms with E-state index in [9.17, 15) is 5.11 Å². The molecule has 2 heteroatoms. The lowest BCUT2D eigenvalue weighted by atomic mass is 10.1. The molecule has 0 amide bonds. The number of hydrogen-bond donors (Lipinski definition) is 1. The maximum Gasteiger partial charge on any atom is 0.0762 e. The summed E-state index contributed by atoms with van der Waals surface area (Å²) in [6.45, 7) is 7.03. The first-order chi connectivity index (χ1) is 7.13. The molecule has 2 rings (SSSR count). The van der Waals surface area contributed by atoms with Gasteiger partial charge in [0.1, 0.15) is 0 Å². The lowest BCUT2D eigenvalue weighted by Gasteiger charge is -2.07. The van der Waals surface area contributed by atoms with Crippen molar-refractivity contribution in [3.05, 3.63) is 35.5 Å². The second-order valence-electron chi connectivity index (χ2n) is 4.02. The van der Waals surface area contributed by atoms with Gasteiger partial charge in [0.25, 0.3) is 0 Å². The van der Waals surface area contributed by atoms with E-state index < -0.39 is 6.10 Å². The van der Waals surface area contributed by atoms with Crippen molar-refractivity contribution in [3.8, 4) is 0 Å². The number of aliphatic hydroxyl groups is 1. The van der Waals surface area contributed by atoms with Crippen LogP contribution in [-0.4, -0.2) is 9.67 Å². The van der Waals surface area contributed by atoms with Crippen LogP contribution in [0.1, 0.15) is 31.2 Å². The summed E-state index contributed by atoms with van der Waals surface area (Å²) in [6.07, 6.45) is -0.394. The Morgan fingerprint density at radius 3 is 2.67 bits per heavy atom. The zero-order valence-electron chi connectivity index (χ0n) is 9.49. The predicted molar refractivity (Wildman–Crippen MR) is 63.0 cm³/mol. The highest BCUT2D eigenvalue weighted by Crippen LogP contribution is 2.23. The van der Waals surface area contributed by atoms with E-state index in [1.807, 2.05) is 6.07 Å². The number of aromatic nitrogens is 1. The standard InChI is InChI=1S/C13H17NO/c1-4-14-9(2)7-12-6-5-11(10(3)15)8-13(12)14/h5-8,10,15H,4H2,1-3H3. The van der Waals surface area contributed by atoms with Gasteiger partial charge in [0.15, 0.2) is 0 Å². The molecule has 1 aromatic carbocycles. The fourth-order valence-corrected chi connectivity index (χ4v) is 2.09. The molecule has 0 bridgehead atoms. The largest absolute Gasteiger partial charge is 0.389 e. The minimum atomic E-state index is -0.394. The van der Waals surface area contributed by atoms with E-state index in [0.29, 0.717) is 0 Å². The van der Waals surface area contributed by atoms with Crippen molar-refractivity contribution in [1.82, 2.24) is 4.57 Å². The number of rotatable bonds is 2. The summed E-state index contributed by atoms with van der Waals surface area (Å²) >= 11 is 0. The molecular weight excluding hydrogens is 186 g/mol. The highest BCUT2D eigenvalue weighted by Gasteiger charge is 2.07. The van der Waals surface area contributed by atoms with Crippen LogP contribution < -0.4 is 0 Å². The third-order valence-electron chi connectivity index (χ3n) is 2.93. The number of nitrogens with zero attached hydrogens (tertiary/aromatic N) is 1. The summed E-state index contributed by atoms with van der Waals surface area (Å²) in [5.74, 6) is 0. The average molecular weight is 203 g/mol. The van der Waals surface area contributed by atoms with Crippen molar-refractivity contribution >= 4 is 10.9 Å². The number of aliphatic hydroxyl groups excluding tert-OH is 1. The van der Waals surface area contributed by atoms with Gasteiger partial charge < -0.3 is 9.67 Å². The molecule has 1 aromatic heterocycles. The normalized spacial score (nSPS) is 13.3. The van der Waals surface area contributed by atoms with Crippen LogP contribution in [0.5, 0.6) is 0 Å². The van der Waals surface area contributed by atoms with Crippen molar-refractivity contribution in [2.75, 3.05) is 0 Å². The van der Waals surface area contributed by atoms with Gasteiger partial charge >= 0.3 is 0 Å². The molecule has 0 spiro atoms. The maximum atomic E-state index is 9.54.